The Hall–Kier alpha value is -3.08. The highest BCUT2D eigenvalue weighted by atomic mass is 35.5. The molecule has 0 radical (unpaired) electrons. The van der Waals surface area contributed by atoms with Gasteiger partial charge >= 0.3 is 5.97 Å². The average Bonchev–Trinajstić information content (AvgIpc) is 3.42. The van der Waals surface area contributed by atoms with Crippen LogP contribution in [-0.2, 0) is 4.74 Å². The van der Waals surface area contributed by atoms with Crippen LogP contribution >= 0.6 is 34.3 Å². The Morgan fingerprint density at radius 2 is 2.03 bits per heavy atom. The van der Waals surface area contributed by atoms with Gasteiger partial charge in [-0.1, -0.05) is 52.5 Å². The van der Waals surface area contributed by atoms with E-state index in [-0.39, 0.29) is 0 Å². The summed E-state index contributed by atoms with van der Waals surface area (Å²) in [5.41, 5.74) is 1.96. The maximum atomic E-state index is 12.1. The first-order valence-electron chi connectivity index (χ1n) is 8.35. The monoisotopic (exact) mass is 442 g/mol. The molecule has 0 saturated heterocycles. The van der Waals surface area contributed by atoms with Crippen molar-refractivity contribution in [1.82, 2.24) is 24.8 Å². The molecule has 0 saturated carbocycles. The lowest BCUT2D eigenvalue weighted by molar-refractivity contribution is 0.0601. The van der Waals surface area contributed by atoms with E-state index in [9.17, 15) is 4.79 Å². The van der Waals surface area contributed by atoms with Crippen molar-refractivity contribution in [2.24, 2.45) is 0 Å². The summed E-state index contributed by atoms with van der Waals surface area (Å²) in [5.74, 6) is 0.0150. The minimum absolute atomic E-state index is 0.418. The van der Waals surface area contributed by atoms with Crippen LogP contribution in [0.1, 0.15) is 10.4 Å². The first-order valence-corrected chi connectivity index (χ1v) is 10.4. The molecule has 0 aliphatic rings. The Labute approximate surface area is 176 Å². The van der Waals surface area contributed by atoms with Gasteiger partial charge in [0.2, 0.25) is 4.96 Å². The maximum Gasteiger partial charge on any atom is 0.338 e. The number of fused-ring (bicyclic) bond motifs is 2. The summed E-state index contributed by atoms with van der Waals surface area (Å²) in [6, 6.07) is 12.7. The number of methoxy groups -OCH3 is 1. The number of benzene rings is 2. The molecule has 5 rings (SSSR count). The molecule has 8 nitrogen and oxygen atoms in total. The van der Waals surface area contributed by atoms with Crippen molar-refractivity contribution >= 4 is 66.5 Å². The number of hydrogen-bond donors (Lipinski definition) is 1. The third-order valence-corrected chi connectivity index (χ3v) is 6.22. The topological polar surface area (TPSA) is 94.3 Å². The van der Waals surface area contributed by atoms with Crippen molar-refractivity contribution in [2.45, 2.75) is 0 Å². The standard InChI is InChI=1S/C18H11ClN6O2S2/c1-27-15(26)11-5-3-2-4-10(11)14-24-25-16(22-23-18(25)29-14)21-17-20-12-7-6-9(19)8-13(12)28-17/h2-8H,1H3,(H,20,21,22). The van der Waals surface area contributed by atoms with Gasteiger partial charge in [-0.15, -0.1) is 10.2 Å². The molecule has 11 heteroatoms. The lowest BCUT2D eigenvalue weighted by Gasteiger charge is -2.04. The van der Waals surface area contributed by atoms with Gasteiger partial charge in [-0.25, -0.2) is 9.78 Å². The number of esters is 1. The molecule has 0 unspecified atom stereocenters. The maximum absolute atomic E-state index is 12.1. The van der Waals surface area contributed by atoms with Gasteiger partial charge in [-0.2, -0.15) is 9.61 Å². The molecule has 0 aliphatic heterocycles. The van der Waals surface area contributed by atoms with Gasteiger partial charge in [-0.3, -0.25) is 5.32 Å². The van der Waals surface area contributed by atoms with Crippen LogP contribution in [0.3, 0.4) is 0 Å². The molecule has 0 bridgehead atoms. The average molecular weight is 443 g/mol. The van der Waals surface area contributed by atoms with Crippen LogP contribution in [0.25, 0.3) is 25.7 Å². The smallest absolute Gasteiger partial charge is 0.338 e. The summed E-state index contributed by atoms with van der Waals surface area (Å²) in [5, 5.41) is 18.0. The zero-order chi connectivity index (χ0) is 20.0. The van der Waals surface area contributed by atoms with E-state index in [2.05, 4.69) is 25.6 Å². The van der Waals surface area contributed by atoms with E-state index in [1.54, 1.807) is 22.7 Å². The zero-order valence-corrected chi connectivity index (χ0v) is 17.2. The van der Waals surface area contributed by atoms with E-state index in [1.165, 1.54) is 29.8 Å². The largest absolute Gasteiger partial charge is 0.465 e. The number of carbonyl (C=O) groups is 1. The predicted octanol–water partition coefficient (Wildman–Crippen LogP) is 4.65. The summed E-state index contributed by atoms with van der Waals surface area (Å²) >= 11 is 8.83. The minimum atomic E-state index is -0.418. The fraction of sp³-hybridized carbons (Fsp3) is 0.0556. The van der Waals surface area contributed by atoms with Gasteiger partial charge in [0.05, 0.1) is 22.9 Å². The number of ether oxygens (including phenoxy) is 1. The first-order chi connectivity index (χ1) is 14.1. The van der Waals surface area contributed by atoms with Crippen LogP contribution in [0.5, 0.6) is 0 Å². The highest BCUT2D eigenvalue weighted by molar-refractivity contribution is 7.22. The number of aromatic nitrogens is 5. The Bertz CT molecular complexity index is 1380. The van der Waals surface area contributed by atoms with Gasteiger partial charge in [0.25, 0.3) is 5.95 Å². The molecular weight excluding hydrogens is 432 g/mol. The highest BCUT2D eigenvalue weighted by Gasteiger charge is 2.19. The van der Waals surface area contributed by atoms with E-state index in [4.69, 9.17) is 16.3 Å². The van der Waals surface area contributed by atoms with E-state index >= 15 is 0 Å². The van der Waals surface area contributed by atoms with Crippen LogP contribution in [0, 0.1) is 0 Å². The summed E-state index contributed by atoms with van der Waals surface area (Å²) in [7, 11) is 1.35. The second-order valence-corrected chi connectivity index (χ2v) is 8.34. The van der Waals surface area contributed by atoms with Crippen LogP contribution in [0.15, 0.2) is 42.5 Å². The second-order valence-electron chi connectivity index (χ2n) is 5.92. The van der Waals surface area contributed by atoms with E-state index in [1.807, 2.05) is 24.3 Å². The Morgan fingerprint density at radius 3 is 2.90 bits per heavy atom. The number of nitrogens with one attached hydrogen (secondary N) is 1. The summed E-state index contributed by atoms with van der Waals surface area (Å²) in [6.45, 7) is 0. The van der Waals surface area contributed by atoms with Crippen molar-refractivity contribution in [3.8, 4) is 10.6 Å². The van der Waals surface area contributed by atoms with Gasteiger partial charge in [-0.05, 0) is 24.3 Å². The number of thiazole rings is 1. The van der Waals surface area contributed by atoms with Gasteiger partial charge in [0.1, 0.15) is 5.01 Å². The third kappa shape index (κ3) is 3.20. The highest BCUT2D eigenvalue weighted by Crippen LogP contribution is 2.32. The third-order valence-electron chi connectivity index (χ3n) is 4.12. The normalized spacial score (nSPS) is 11.2. The number of halogens is 1. The molecule has 1 N–H and O–H groups in total. The molecule has 0 atom stereocenters. The summed E-state index contributed by atoms with van der Waals surface area (Å²) in [6.07, 6.45) is 0. The number of nitrogens with zero attached hydrogens (tertiary/aromatic N) is 5. The lowest BCUT2D eigenvalue weighted by Crippen LogP contribution is -2.03. The van der Waals surface area contributed by atoms with Crippen molar-refractivity contribution < 1.29 is 9.53 Å². The molecule has 0 spiro atoms. The second kappa shape index (κ2) is 7.07. The Balaban J connectivity index is 1.53. The van der Waals surface area contributed by atoms with Crippen molar-refractivity contribution in [3.05, 3.63) is 53.1 Å². The number of anilines is 2. The Morgan fingerprint density at radius 1 is 1.17 bits per heavy atom. The lowest BCUT2D eigenvalue weighted by atomic mass is 10.1. The molecule has 5 aromatic rings. The summed E-state index contributed by atoms with van der Waals surface area (Å²) in [4.78, 5) is 17.2. The molecule has 144 valence electrons. The van der Waals surface area contributed by atoms with Crippen molar-refractivity contribution in [1.29, 1.82) is 0 Å². The predicted molar refractivity (Wildman–Crippen MR) is 113 cm³/mol. The molecule has 29 heavy (non-hydrogen) atoms. The van der Waals surface area contributed by atoms with Gasteiger partial charge < -0.3 is 4.74 Å². The van der Waals surface area contributed by atoms with Crippen LogP contribution < -0.4 is 5.32 Å². The van der Waals surface area contributed by atoms with Gasteiger partial charge in [0.15, 0.2) is 5.13 Å². The van der Waals surface area contributed by atoms with E-state index in [0.29, 0.717) is 37.2 Å². The molecule has 3 aromatic heterocycles. The van der Waals surface area contributed by atoms with E-state index in [0.717, 1.165) is 10.2 Å². The fourth-order valence-corrected chi connectivity index (χ4v) is 4.82. The number of rotatable bonds is 4. The van der Waals surface area contributed by atoms with E-state index < -0.39 is 5.97 Å². The van der Waals surface area contributed by atoms with Crippen LogP contribution in [0.2, 0.25) is 5.02 Å². The number of hydrogen-bond acceptors (Lipinski definition) is 9. The molecule has 0 amide bonds. The Kier molecular flexibility index (Phi) is 4.38. The van der Waals surface area contributed by atoms with Crippen molar-refractivity contribution in [2.75, 3.05) is 12.4 Å². The first kappa shape index (κ1) is 18.0. The molecule has 0 fully saturated rings. The zero-order valence-electron chi connectivity index (χ0n) is 14.8. The minimum Gasteiger partial charge on any atom is -0.465 e. The van der Waals surface area contributed by atoms with Crippen molar-refractivity contribution in [3.63, 3.8) is 0 Å². The quantitative estimate of drug-likeness (QED) is 0.405. The summed E-state index contributed by atoms with van der Waals surface area (Å²) < 4.78 is 7.42. The van der Waals surface area contributed by atoms with Crippen LogP contribution in [-0.4, -0.2) is 37.9 Å². The molecular formula is C18H11ClN6O2S2. The van der Waals surface area contributed by atoms with Crippen LogP contribution in [0.4, 0.5) is 11.1 Å². The molecule has 0 aliphatic carbocycles. The molecule has 2 aromatic carbocycles. The number of carbonyl (C=O) groups excluding carboxylic acids is 1. The van der Waals surface area contributed by atoms with Gasteiger partial charge in [0, 0.05) is 10.6 Å². The SMILES string of the molecule is COC(=O)c1ccccc1-c1nn2c(Nc3nc4ccc(Cl)cc4s3)nnc2s1. The molecule has 3 heterocycles. The fourth-order valence-electron chi connectivity index (χ4n) is 2.81.